The molecule has 9 nitrogen and oxygen atoms in total. The van der Waals surface area contributed by atoms with Crippen LogP contribution in [0.1, 0.15) is 50.0 Å². The first kappa shape index (κ1) is 26.5. The van der Waals surface area contributed by atoms with Gasteiger partial charge < -0.3 is 20.5 Å². The van der Waals surface area contributed by atoms with Crippen LogP contribution in [-0.2, 0) is 27.4 Å². The quantitative estimate of drug-likeness (QED) is 0.339. The Morgan fingerprint density at radius 1 is 1.11 bits per heavy atom. The highest BCUT2D eigenvalue weighted by Gasteiger charge is 2.21. The van der Waals surface area contributed by atoms with Crippen LogP contribution in [0.3, 0.4) is 0 Å². The molecular weight excluding hydrogens is 460 g/mol. The summed E-state index contributed by atoms with van der Waals surface area (Å²) in [6, 6.07) is 14.0. The summed E-state index contributed by atoms with van der Waals surface area (Å²) >= 11 is 0. The number of nitrogens with zero attached hydrogens (tertiary/aromatic N) is 2. The number of nitrogens with one attached hydrogen (secondary N) is 1. The SMILES string of the molecule is CCCNc1ncc(-c2cc(N)cc(C(=O)OCc3ccccc3)c2)n(CC(=O)OC(C)(C)C)c1=O. The molecule has 3 rings (SSSR count). The first-order chi connectivity index (χ1) is 17.1. The zero-order valence-corrected chi connectivity index (χ0v) is 21.0. The van der Waals surface area contributed by atoms with Crippen LogP contribution >= 0.6 is 0 Å². The van der Waals surface area contributed by atoms with Crippen molar-refractivity contribution in [3.8, 4) is 11.3 Å². The number of esters is 2. The maximum atomic E-state index is 13.2. The second kappa shape index (κ2) is 11.5. The Hall–Kier alpha value is -4.14. The number of carbonyl (C=O) groups is 2. The highest BCUT2D eigenvalue weighted by molar-refractivity contribution is 5.92. The molecule has 0 radical (unpaired) electrons. The third kappa shape index (κ3) is 7.18. The third-order valence-corrected chi connectivity index (χ3v) is 5.00. The van der Waals surface area contributed by atoms with Crippen LogP contribution in [0.4, 0.5) is 11.5 Å². The van der Waals surface area contributed by atoms with Crippen molar-refractivity contribution in [2.45, 2.75) is 52.9 Å². The van der Waals surface area contributed by atoms with Crippen molar-refractivity contribution in [1.29, 1.82) is 0 Å². The number of nitrogens with two attached hydrogens (primary N) is 1. The van der Waals surface area contributed by atoms with E-state index < -0.39 is 23.1 Å². The molecule has 190 valence electrons. The van der Waals surface area contributed by atoms with E-state index >= 15 is 0 Å². The van der Waals surface area contributed by atoms with Gasteiger partial charge in [0.25, 0.3) is 5.56 Å². The molecule has 0 aliphatic carbocycles. The lowest BCUT2D eigenvalue weighted by atomic mass is 10.1. The van der Waals surface area contributed by atoms with E-state index in [0.29, 0.717) is 23.5 Å². The number of anilines is 2. The molecule has 0 saturated carbocycles. The molecule has 2 aromatic carbocycles. The summed E-state index contributed by atoms with van der Waals surface area (Å²) in [5.41, 5.74) is 7.00. The molecule has 1 aromatic heterocycles. The molecule has 3 aromatic rings. The van der Waals surface area contributed by atoms with E-state index in [-0.39, 0.29) is 24.5 Å². The normalized spacial score (nSPS) is 11.1. The van der Waals surface area contributed by atoms with Crippen LogP contribution in [0.25, 0.3) is 11.3 Å². The van der Waals surface area contributed by atoms with Gasteiger partial charge in [0.2, 0.25) is 0 Å². The maximum Gasteiger partial charge on any atom is 0.338 e. The summed E-state index contributed by atoms with van der Waals surface area (Å²) in [7, 11) is 0. The van der Waals surface area contributed by atoms with E-state index in [1.807, 2.05) is 37.3 Å². The lowest BCUT2D eigenvalue weighted by Crippen LogP contribution is -2.33. The van der Waals surface area contributed by atoms with Gasteiger partial charge in [0, 0.05) is 17.8 Å². The van der Waals surface area contributed by atoms with Crippen LogP contribution in [0, 0.1) is 0 Å². The number of ether oxygens (including phenoxy) is 2. The topological polar surface area (TPSA) is 126 Å². The Bertz CT molecular complexity index is 1280. The van der Waals surface area contributed by atoms with Gasteiger partial charge in [0.05, 0.1) is 17.5 Å². The molecule has 0 saturated heterocycles. The van der Waals surface area contributed by atoms with Gasteiger partial charge in [-0.1, -0.05) is 37.3 Å². The number of carbonyl (C=O) groups excluding carboxylic acids is 2. The largest absolute Gasteiger partial charge is 0.459 e. The van der Waals surface area contributed by atoms with Crippen LogP contribution in [0.2, 0.25) is 0 Å². The zero-order chi connectivity index (χ0) is 26.3. The molecule has 1 heterocycles. The number of benzene rings is 2. The van der Waals surface area contributed by atoms with E-state index in [1.165, 1.54) is 16.8 Å². The fourth-order valence-corrected chi connectivity index (χ4v) is 3.47. The molecular formula is C27H32N4O5. The van der Waals surface area contributed by atoms with Gasteiger partial charge in [0.15, 0.2) is 5.82 Å². The standard InChI is InChI=1S/C27H32N4O5/c1-5-11-29-24-25(33)31(16-23(32)36-27(2,3)4)22(15-30-24)19-12-20(14-21(28)13-19)26(34)35-17-18-9-7-6-8-10-18/h6-10,12-15H,5,11,16-17,28H2,1-4H3,(H,29,30). The molecule has 9 heteroatoms. The molecule has 0 amide bonds. The molecule has 0 aliphatic rings. The first-order valence-electron chi connectivity index (χ1n) is 11.7. The Kier molecular flexibility index (Phi) is 8.47. The predicted molar refractivity (Wildman–Crippen MR) is 139 cm³/mol. The summed E-state index contributed by atoms with van der Waals surface area (Å²) in [5.74, 6) is -1.02. The van der Waals surface area contributed by atoms with E-state index in [9.17, 15) is 14.4 Å². The zero-order valence-electron chi connectivity index (χ0n) is 21.0. The number of rotatable bonds is 9. The highest BCUT2D eigenvalue weighted by Crippen LogP contribution is 2.24. The number of nitrogen functional groups attached to an aromatic ring is 1. The second-order valence-corrected chi connectivity index (χ2v) is 9.30. The minimum absolute atomic E-state index is 0.104. The lowest BCUT2D eigenvalue weighted by Gasteiger charge is -2.21. The Morgan fingerprint density at radius 2 is 1.83 bits per heavy atom. The van der Waals surface area contributed by atoms with E-state index in [2.05, 4.69) is 10.3 Å². The average molecular weight is 493 g/mol. The van der Waals surface area contributed by atoms with Gasteiger partial charge >= 0.3 is 11.9 Å². The van der Waals surface area contributed by atoms with Gasteiger partial charge in [-0.2, -0.15) is 0 Å². The van der Waals surface area contributed by atoms with Crippen LogP contribution < -0.4 is 16.6 Å². The third-order valence-electron chi connectivity index (χ3n) is 5.00. The van der Waals surface area contributed by atoms with Crippen molar-refractivity contribution in [3.63, 3.8) is 0 Å². The van der Waals surface area contributed by atoms with Crippen LogP contribution in [-0.4, -0.2) is 33.6 Å². The average Bonchev–Trinajstić information content (AvgIpc) is 2.82. The van der Waals surface area contributed by atoms with Gasteiger partial charge in [0.1, 0.15) is 18.8 Å². The Balaban J connectivity index is 1.97. The maximum absolute atomic E-state index is 13.2. The van der Waals surface area contributed by atoms with Gasteiger partial charge in [-0.25, -0.2) is 9.78 Å². The summed E-state index contributed by atoms with van der Waals surface area (Å²) in [4.78, 5) is 42.9. The summed E-state index contributed by atoms with van der Waals surface area (Å²) < 4.78 is 12.1. The fraction of sp³-hybridized carbons (Fsp3) is 0.333. The Labute approximate surface area is 210 Å². The van der Waals surface area contributed by atoms with Crippen molar-refractivity contribution >= 4 is 23.4 Å². The smallest absolute Gasteiger partial charge is 0.338 e. The van der Waals surface area contributed by atoms with Gasteiger partial charge in [-0.15, -0.1) is 0 Å². The van der Waals surface area contributed by atoms with Crippen LogP contribution in [0.15, 0.2) is 59.5 Å². The molecule has 0 bridgehead atoms. The number of hydrogen-bond donors (Lipinski definition) is 2. The Morgan fingerprint density at radius 3 is 2.50 bits per heavy atom. The van der Waals surface area contributed by atoms with Crippen molar-refractivity contribution in [2.75, 3.05) is 17.6 Å². The molecule has 0 atom stereocenters. The highest BCUT2D eigenvalue weighted by atomic mass is 16.6. The second-order valence-electron chi connectivity index (χ2n) is 9.30. The van der Waals surface area contributed by atoms with Crippen molar-refractivity contribution in [3.05, 3.63) is 76.2 Å². The minimum atomic E-state index is -0.718. The first-order valence-corrected chi connectivity index (χ1v) is 11.7. The number of hydrogen-bond acceptors (Lipinski definition) is 8. The molecule has 0 spiro atoms. The lowest BCUT2D eigenvalue weighted by molar-refractivity contribution is -0.155. The monoisotopic (exact) mass is 492 g/mol. The summed E-state index contributed by atoms with van der Waals surface area (Å²) in [6.07, 6.45) is 2.26. The van der Waals surface area contributed by atoms with Gasteiger partial charge in [-0.3, -0.25) is 14.2 Å². The minimum Gasteiger partial charge on any atom is -0.459 e. The molecule has 0 fully saturated rings. The van der Waals surface area contributed by atoms with Gasteiger partial charge in [-0.05, 0) is 51.0 Å². The van der Waals surface area contributed by atoms with Crippen molar-refractivity contribution in [1.82, 2.24) is 9.55 Å². The van der Waals surface area contributed by atoms with E-state index in [0.717, 1.165) is 12.0 Å². The van der Waals surface area contributed by atoms with Crippen molar-refractivity contribution < 1.29 is 19.1 Å². The summed E-state index contributed by atoms with van der Waals surface area (Å²) in [6.45, 7) is 7.53. The molecule has 0 aliphatic heterocycles. The predicted octanol–water partition coefficient (Wildman–Crippen LogP) is 4.01. The van der Waals surface area contributed by atoms with E-state index in [4.69, 9.17) is 15.2 Å². The summed E-state index contributed by atoms with van der Waals surface area (Å²) in [5, 5.41) is 2.98. The van der Waals surface area contributed by atoms with Crippen molar-refractivity contribution in [2.24, 2.45) is 0 Å². The number of aromatic nitrogens is 2. The van der Waals surface area contributed by atoms with E-state index in [1.54, 1.807) is 32.9 Å². The fourth-order valence-electron chi connectivity index (χ4n) is 3.47. The van der Waals surface area contributed by atoms with Crippen LogP contribution in [0.5, 0.6) is 0 Å². The molecule has 0 unspecified atom stereocenters. The molecule has 36 heavy (non-hydrogen) atoms. The molecule has 3 N–H and O–H groups in total.